The maximum absolute atomic E-state index is 12.1. The molecule has 1 amide bonds. The first-order valence-electron chi connectivity index (χ1n) is 9.58. The van der Waals surface area contributed by atoms with E-state index in [0.717, 1.165) is 24.0 Å². The second kappa shape index (κ2) is 9.81. The Morgan fingerprint density at radius 3 is 2.59 bits per heavy atom. The third-order valence-corrected chi connectivity index (χ3v) is 4.80. The van der Waals surface area contributed by atoms with Crippen molar-refractivity contribution in [1.82, 2.24) is 5.32 Å². The highest BCUT2D eigenvalue weighted by Crippen LogP contribution is 2.29. The van der Waals surface area contributed by atoms with Crippen LogP contribution in [0.2, 0.25) is 0 Å². The Balaban J connectivity index is 1.58. The molecule has 1 aliphatic carbocycles. The number of amides is 1. The van der Waals surface area contributed by atoms with Crippen molar-refractivity contribution in [3.05, 3.63) is 65.7 Å². The fourth-order valence-corrected chi connectivity index (χ4v) is 3.31. The molecule has 2 aromatic rings. The predicted molar refractivity (Wildman–Crippen MR) is 108 cm³/mol. The van der Waals surface area contributed by atoms with Gasteiger partial charge < -0.3 is 14.8 Å². The van der Waals surface area contributed by atoms with Crippen molar-refractivity contribution < 1.29 is 14.3 Å². The van der Waals surface area contributed by atoms with Gasteiger partial charge >= 0.3 is 0 Å². The molecule has 1 N–H and O–H groups in total. The quantitative estimate of drug-likeness (QED) is 0.721. The van der Waals surface area contributed by atoms with Gasteiger partial charge in [-0.05, 0) is 42.2 Å². The molecule has 0 heterocycles. The highest BCUT2D eigenvalue weighted by molar-refractivity contribution is 5.92. The summed E-state index contributed by atoms with van der Waals surface area (Å²) in [6.45, 7) is 0.482. The maximum atomic E-state index is 12.1. The van der Waals surface area contributed by atoms with Crippen molar-refractivity contribution >= 4 is 12.0 Å². The van der Waals surface area contributed by atoms with Gasteiger partial charge in [-0.2, -0.15) is 0 Å². The summed E-state index contributed by atoms with van der Waals surface area (Å²) in [7, 11) is 1.62. The van der Waals surface area contributed by atoms with Crippen molar-refractivity contribution in [2.45, 2.75) is 44.8 Å². The van der Waals surface area contributed by atoms with Gasteiger partial charge in [0, 0.05) is 12.1 Å². The third kappa shape index (κ3) is 5.88. The van der Waals surface area contributed by atoms with Crippen molar-refractivity contribution in [2.75, 3.05) is 7.11 Å². The molecule has 4 heteroatoms. The van der Waals surface area contributed by atoms with Gasteiger partial charge in [-0.15, -0.1) is 0 Å². The number of methoxy groups -OCH3 is 1. The van der Waals surface area contributed by atoms with E-state index in [0.29, 0.717) is 24.1 Å². The normalized spacial score (nSPS) is 14.9. The molecule has 0 spiro atoms. The van der Waals surface area contributed by atoms with Crippen LogP contribution in [0.25, 0.3) is 6.08 Å². The topological polar surface area (TPSA) is 47.6 Å². The lowest BCUT2D eigenvalue weighted by Crippen LogP contribution is -2.34. The number of rotatable bonds is 7. The number of benzene rings is 2. The van der Waals surface area contributed by atoms with Gasteiger partial charge in [-0.1, -0.05) is 55.7 Å². The average Bonchev–Trinajstić information content (AvgIpc) is 2.72. The Morgan fingerprint density at radius 1 is 1.07 bits per heavy atom. The molecule has 2 aromatic carbocycles. The summed E-state index contributed by atoms with van der Waals surface area (Å²) in [6, 6.07) is 16.0. The number of hydrogen-bond acceptors (Lipinski definition) is 3. The molecule has 0 radical (unpaired) electrons. The fraction of sp³-hybridized carbons (Fsp3) is 0.348. The molecule has 0 aliphatic heterocycles. The molecule has 1 fully saturated rings. The molecule has 0 unspecified atom stereocenters. The van der Waals surface area contributed by atoms with Crippen LogP contribution in [0.3, 0.4) is 0 Å². The molecular weight excluding hydrogens is 338 g/mol. The lowest BCUT2D eigenvalue weighted by atomic mass is 9.95. The van der Waals surface area contributed by atoms with Crippen LogP contribution in [0.5, 0.6) is 11.5 Å². The smallest absolute Gasteiger partial charge is 0.244 e. The van der Waals surface area contributed by atoms with Crippen molar-refractivity contribution in [1.29, 1.82) is 0 Å². The monoisotopic (exact) mass is 365 g/mol. The predicted octanol–water partition coefficient (Wildman–Crippen LogP) is 4.74. The molecule has 27 heavy (non-hydrogen) atoms. The van der Waals surface area contributed by atoms with Crippen molar-refractivity contribution in [3.63, 3.8) is 0 Å². The minimum atomic E-state index is -0.0368. The number of carbonyl (C=O) groups is 1. The minimum absolute atomic E-state index is 0.0368. The minimum Gasteiger partial charge on any atom is -0.493 e. The highest BCUT2D eigenvalue weighted by Gasteiger charge is 2.14. The van der Waals surface area contributed by atoms with E-state index in [1.54, 1.807) is 13.2 Å². The Kier molecular flexibility index (Phi) is 6.91. The van der Waals surface area contributed by atoms with E-state index in [1.807, 2.05) is 54.6 Å². The average molecular weight is 365 g/mol. The number of hydrogen-bond donors (Lipinski definition) is 1. The molecule has 1 saturated carbocycles. The zero-order valence-electron chi connectivity index (χ0n) is 15.8. The van der Waals surface area contributed by atoms with Gasteiger partial charge in [0.25, 0.3) is 0 Å². The van der Waals surface area contributed by atoms with E-state index in [-0.39, 0.29) is 5.91 Å². The SMILES string of the molecule is COc1cc(/C=C/C(=O)NC2CCCCC2)ccc1OCc1ccccc1. The highest BCUT2D eigenvalue weighted by atomic mass is 16.5. The lowest BCUT2D eigenvalue weighted by molar-refractivity contribution is -0.117. The van der Waals surface area contributed by atoms with Crippen LogP contribution in [-0.2, 0) is 11.4 Å². The van der Waals surface area contributed by atoms with E-state index in [2.05, 4.69) is 5.32 Å². The summed E-state index contributed by atoms with van der Waals surface area (Å²) >= 11 is 0. The Morgan fingerprint density at radius 2 is 1.85 bits per heavy atom. The van der Waals surface area contributed by atoms with E-state index in [1.165, 1.54) is 19.3 Å². The molecule has 0 aromatic heterocycles. The molecular formula is C23H27NO3. The Bertz CT molecular complexity index is 764. The van der Waals surface area contributed by atoms with Gasteiger partial charge in [0.15, 0.2) is 11.5 Å². The van der Waals surface area contributed by atoms with Gasteiger partial charge in [0.1, 0.15) is 6.61 Å². The molecule has 3 rings (SSSR count). The third-order valence-electron chi connectivity index (χ3n) is 4.80. The van der Waals surface area contributed by atoms with Crippen LogP contribution in [0.4, 0.5) is 0 Å². The standard InChI is InChI=1S/C23H27NO3/c1-26-22-16-18(13-15-23(25)24-20-10-6-3-7-11-20)12-14-21(22)27-17-19-8-4-2-5-9-19/h2,4-5,8-9,12-16,20H,3,6-7,10-11,17H2,1H3,(H,24,25)/b15-13+. The summed E-state index contributed by atoms with van der Waals surface area (Å²) in [4.78, 5) is 12.1. The lowest BCUT2D eigenvalue weighted by Gasteiger charge is -2.21. The van der Waals surface area contributed by atoms with E-state index in [4.69, 9.17) is 9.47 Å². The molecule has 4 nitrogen and oxygen atoms in total. The summed E-state index contributed by atoms with van der Waals surface area (Å²) < 4.78 is 11.3. The van der Waals surface area contributed by atoms with E-state index < -0.39 is 0 Å². The van der Waals surface area contributed by atoms with Crippen LogP contribution in [0.15, 0.2) is 54.6 Å². The second-order valence-electron chi connectivity index (χ2n) is 6.86. The van der Waals surface area contributed by atoms with Gasteiger partial charge in [0.2, 0.25) is 5.91 Å². The summed E-state index contributed by atoms with van der Waals surface area (Å²) in [5.74, 6) is 1.30. The van der Waals surface area contributed by atoms with E-state index in [9.17, 15) is 4.79 Å². The Hall–Kier alpha value is -2.75. The fourth-order valence-electron chi connectivity index (χ4n) is 3.31. The van der Waals surface area contributed by atoms with Gasteiger partial charge in [-0.3, -0.25) is 4.79 Å². The number of carbonyl (C=O) groups excluding carboxylic acids is 1. The van der Waals surface area contributed by atoms with Crippen molar-refractivity contribution in [3.8, 4) is 11.5 Å². The largest absolute Gasteiger partial charge is 0.493 e. The first-order valence-corrected chi connectivity index (χ1v) is 9.58. The van der Waals surface area contributed by atoms with Gasteiger partial charge in [-0.25, -0.2) is 0 Å². The molecule has 0 atom stereocenters. The molecule has 142 valence electrons. The maximum Gasteiger partial charge on any atom is 0.244 e. The first-order chi connectivity index (χ1) is 13.2. The zero-order chi connectivity index (χ0) is 18.9. The number of nitrogens with one attached hydrogen (secondary N) is 1. The van der Waals surface area contributed by atoms with E-state index >= 15 is 0 Å². The molecule has 0 bridgehead atoms. The molecule has 0 saturated heterocycles. The van der Waals surface area contributed by atoms with Crippen LogP contribution in [-0.4, -0.2) is 19.1 Å². The van der Waals surface area contributed by atoms with Crippen LogP contribution < -0.4 is 14.8 Å². The second-order valence-corrected chi connectivity index (χ2v) is 6.86. The summed E-state index contributed by atoms with van der Waals surface area (Å²) in [6.07, 6.45) is 9.25. The first kappa shape index (κ1) is 19.0. The van der Waals surface area contributed by atoms with Crippen LogP contribution in [0.1, 0.15) is 43.2 Å². The van der Waals surface area contributed by atoms with Gasteiger partial charge in [0.05, 0.1) is 7.11 Å². The summed E-state index contributed by atoms with van der Waals surface area (Å²) in [5.41, 5.74) is 2.00. The number of ether oxygens (including phenoxy) is 2. The zero-order valence-corrected chi connectivity index (χ0v) is 15.8. The molecule has 1 aliphatic rings. The Labute approximate surface area is 161 Å². The van der Waals surface area contributed by atoms with Crippen LogP contribution in [0, 0.1) is 0 Å². The van der Waals surface area contributed by atoms with Crippen molar-refractivity contribution in [2.24, 2.45) is 0 Å². The summed E-state index contributed by atoms with van der Waals surface area (Å²) in [5, 5.41) is 3.09. The van der Waals surface area contributed by atoms with Crippen LogP contribution >= 0.6 is 0 Å².